The summed E-state index contributed by atoms with van der Waals surface area (Å²) in [5.74, 6) is -1.76. The summed E-state index contributed by atoms with van der Waals surface area (Å²) < 4.78 is 0. The molecule has 2 atom stereocenters. The maximum Gasteiger partial charge on any atom is 0.309 e. The molecule has 0 spiro atoms. The second-order valence-corrected chi connectivity index (χ2v) is 3.88. The Hall–Kier alpha value is -1.91. The van der Waals surface area contributed by atoms with Crippen LogP contribution in [0.5, 0.6) is 0 Å². The zero-order valence-electron chi connectivity index (χ0n) is 8.83. The number of carbonyl (C=O) groups is 2. The Morgan fingerprint density at radius 3 is 2.94 bits per heavy atom. The lowest BCUT2D eigenvalue weighted by Gasteiger charge is -2.22. The molecule has 1 aliphatic heterocycles. The number of aliphatic carboxylic acids is 1. The SMILES string of the molecule is CN1C(=O)C[C@@H](C(=O)O)[C@H]1c1cccnc1. The molecule has 2 rings (SSSR count). The summed E-state index contributed by atoms with van der Waals surface area (Å²) >= 11 is 0. The van der Waals surface area contributed by atoms with E-state index >= 15 is 0 Å². The molecule has 0 saturated carbocycles. The normalized spacial score (nSPS) is 24.8. The van der Waals surface area contributed by atoms with Gasteiger partial charge in [-0.1, -0.05) is 6.07 Å². The fourth-order valence-electron chi connectivity index (χ4n) is 2.10. The molecule has 84 valence electrons. The van der Waals surface area contributed by atoms with Crippen LogP contribution in [0, 0.1) is 5.92 Å². The summed E-state index contributed by atoms with van der Waals surface area (Å²) in [5, 5.41) is 9.08. The molecule has 5 heteroatoms. The molecular formula is C11H12N2O3. The number of aromatic nitrogens is 1. The van der Waals surface area contributed by atoms with Crippen molar-refractivity contribution in [2.75, 3.05) is 7.05 Å². The maximum atomic E-state index is 11.5. The maximum absolute atomic E-state index is 11.5. The van der Waals surface area contributed by atoms with Gasteiger partial charge >= 0.3 is 5.97 Å². The molecule has 1 amide bonds. The Morgan fingerprint density at radius 2 is 2.38 bits per heavy atom. The van der Waals surface area contributed by atoms with Crippen molar-refractivity contribution in [2.24, 2.45) is 5.92 Å². The Kier molecular flexibility index (Phi) is 2.60. The molecule has 1 aromatic heterocycles. The fourth-order valence-corrected chi connectivity index (χ4v) is 2.10. The van der Waals surface area contributed by atoms with Gasteiger partial charge < -0.3 is 10.0 Å². The predicted molar refractivity (Wildman–Crippen MR) is 55.5 cm³/mol. The number of nitrogens with zero attached hydrogens (tertiary/aromatic N) is 2. The first-order valence-electron chi connectivity index (χ1n) is 4.99. The zero-order valence-corrected chi connectivity index (χ0v) is 8.83. The van der Waals surface area contributed by atoms with Gasteiger partial charge in [0.05, 0.1) is 12.0 Å². The summed E-state index contributed by atoms with van der Waals surface area (Å²) in [6.07, 6.45) is 3.29. The molecule has 0 radical (unpaired) electrons. The molecular weight excluding hydrogens is 208 g/mol. The van der Waals surface area contributed by atoms with Crippen molar-refractivity contribution in [3.05, 3.63) is 30.1 Å². The van der Waals surface area contributed by atoms with E-state index in [0.29, 0.717) is 0 Å². The Bertz CT molecular complexity index is 418. The van der Waals surface area contributed by atoms with Gasteiger partial charge in [-0.05, 0) is 11.6 Å². The molecule has 0 aliphatic carbocycles. The van der Waals surface area contributed by atoms with Crippen LogP contribution in [0.3, 0.4) is 0 Å². The van der Waals surface area contributed by atoms with Gasteiger partial charge in [0.1, 0.15) is 0 Å². The number of likely N-dealkylation sites (tertiary alicyclic amines) is 1. The van der Waals surface area contributed by atoms with Crippen molar-refractivity contribution in [2.45, 2.75) is 12.5 Å². The largest absolute Gasteiger partial charge is 0.481 e. The standard InChI is InChI=1S/C11H12N2O3/c1-13-9(14)5-8(11(15)16)10(13)7-3-2-4-12-6-7/h2-4,6,8,10H,5H2,1H3,(H,15,16)/t8-,10-/m1/s1. The molecule has 1 saturated heterocycles. The van der Waals surface area contributed by atoms with E-state index in [1.165, 1.54) is 4.90 Å². The van der Waals surface area contributed by atoms with Crippen LogP contribution in [0.2, 0.25) is 0 Å². The molecule has 1 aliphatic rings. The van der Waals surface area contributed by atoms with Gasteiger partial charge in [0, 0.05) is 25.9 Å². The van der Waals surface area contributed by atoms with Crippen molar-refractivity contribution < 1.29 is 14.7 Å². The van der Waals surface area contributed by atoms with Gasteiger partial charge in [0.2, 0.25) is 5.91 Å². The first-order chi connectivity index (χ1) is 7.61. The van der Waals surface area contributed by atoms with Gasteiger partial charge in [-0.2, -0.15) is 0 Å². The predicted octanol–water partition coefficient (Wildman–Crippen LogP) is 0.686. The van der Waals surface area contributed by atoms with Gasteiger partial charge in [-0.25, -0.2) is 0 Å². The summed E-state index contributed by atoms with van der Waals surface area (Å²) in [5.41, 5.74) is 0.767. The van der Waals surface area contributed by atoms with Gasteiger partial charge in [-0.3, -0.25) is 14.6 Å². The van der Waals surface area contributed by atoms with Crippen LogP contribution in [0.15, 0.2) is 24.5 Å². The zero-order chi connectivity index (χ0) is 11.7. The van der Waals surface area contributed by atoms with E-state index in [9.17, 15) is 9.59 Å². The first kappa shape index (κ1) is 10.6. The van der Waals surface area contributed by atoms with E-state index in [1.54, 1.807) is 31.6 Å². The molecule has 0 aromatic carbocycles. The second kappa shape index (κ2) is 3.92. The molecule has 0 bridgehead atoms. The average Bonchev–Trinajstić information content (AvgIpc) is 2.57. The molecule has 1 fully saturated rings. The highest BCUT2D eigenvalue weighted by molar-refractivity contribution is 5.87. The van der Waals surface area contributed by atoms with Crippen molar-refractivity contribution in [3.63, 3.8) is 0 Å². The van der Waals surface area contributed by atoms with Gasteiger partial charge in [-0.15, -0.1) is 0 Å². The number of carboxylic acid groups (broad SMARTS) is 1. The molecule has 2 heterocycles. The third-order valence-corrected chi connectivity index (χ3v) is 2.93. The monoisotopic (exact) mass is 220 g/mol. The highest BCUT2D eigenvalue weighted by Crippen LogP contribution is 2.36. The number of amides is 1. The second-order valence-electron chi connectivity index (χ2n) is 3.88. The molecule has 1 aromatic rings. The number of hydrogen-bond donors (Lipinski definition) is 1. The lowest BCUT2D eigenvalue weighted by atomic mass is 9.95. The van der Waals surface area contributed by atoms with E-state index < -0.39 is 17.9 Å². The highest BCUT2D eigenvalue weighted by atomic mass is 16.4. The minimum Gasteiger partial charge on any atom is -0.481 e. The first-order valence-corrected chi connectivity index (χ1v) is 4.99. The van der Waals surface area contributed by atoms with E-state index in [-0.39, 0.29) is 12.3 Å². The van der Waals surface area contributed by atoms with Gasteiger partial charge in [0.15, 0.2) is 0 Å². The summed E-state index contributed by atoms with van der Waals surface area (Å²) in [6, 6.07) is 3.13. The third kappa shape index (κ3) is 1.64. The van der Waals surface area contributed by atoms with Crippen LogP contribution < -0.4 is 0 Å². The van der Waals surface area contributed by atoms with E-state index in [2.05, 4.69) is 4.98 Å². The topological polar surface area (TPSA) is 70.5 Å². The number of rotatable bonds is 2. The number of carbonyl (C=O) groups excluding carboxylic acids is 1. The minimum atomic E-state index is -0.938. The van der Waals surface area contributed by atoms with Crippen LogP contribution >= 0.6 is 0 Å². The van der Waals surface area contributed by atoms with Gasteiger partial charge in [0.25, 0.3) is 0 Å². The van der Waals surface area contributed by atoms with Crippen LogP contribution in [0.25, 0.3) is 0 Å². The Balaban J connectivity index is 2.37. The Labute approximate surface area is 92.7 Å². The lowest BCUT2D eigenvalue weighted by molar-refractivity contribution is -0.142. The quantitative estimate of drug-likeness (QED) is 0.795. The number of carboxylic acids is 1. The smallest absolute Gasteiger partial charge is 0.309 e. The lowest BCUT2D eigenvalue weighted by Crippen LogP contribution is -2.26. The third-order valence-electron chi connectivity index (χ3n) is 2.93. The van der Waals surface area contributed by atoms with E-state index in [4.69, 9.17) is 5.11 Å². The van der Waals surface area contributed by atoms with Crippen molar-refractivity contribution >= 4 is 11.9 Å². The molecule has 0 unspecified atom stereocenters. The average molecular weight is 220 g/mol. The van der Waals surface area contributed by atoms with Crippen LogP contribution in [-0.4, -0.2) is 33.9 Å². The fraction of sp³-hybridized carbons (Fsp3) is 0.364. The van der Waals surface area contributed by atoms with Crippen LogP contribution in [0.1, 0.15) is 18.0 Å². The van der Waals surface area contributed by atoms with Crippen molar-refractivity contribution in [3.8, 4) is 0 Å². The Morgan fingerprint density at radius 1 is 1.62 bits per heavy atom. The summed E-state index contributed by atoms with van der Waals surface area (Å²) in [4.78, 5) is 28.0. The van der Waals surface area contributed by atoms with Crippen molar-refractivity contribution in [1.29, 1.82) is 0 Å². The van der Waals surface area contributed by atoms with Crippen LogP contribution in [0.4, 0.5) is 0 Å². The van der Waals surface area contributed by atoms with E-state index in [0.717, 1.165) is 5.56 Å². The summed E-state index contributed by atoms with van der Waals surface area (Å²) in [6.45, 7) is 0. The highest BCUT2D eigenvalue weighted by Gasteiger charge is 2.42. The summed E-state index contributed by atoms with van der Waals surface area (Å²) in [7, 11) is 1.63. The van der Waals surface area contributed by atoms with Crippen molar-refractivity contribution in [1.82, 2.24) is 9.88 Å². The molecule has 16 heavy (non-hydrogen) atoms. The molecule has 1 N–H and O–H groups in total. The number of pyridine rings is 1. The molecule has 5 nitrogen and oxygen atoms in total. The number of hydrogen-bond acceptors (Lipinski definition) is 3. The van der Waals surface area contributed by atoms with Crippen LogP contribution in [-0.2, 0) is 9.59 Å². The minimum absolute atomic E-state index is 0.0609. The van der Waals surface area contributed by atoms with E-state index in [1.807, 2.05) is 0 Å².